The maximum Gasteiger partial charge on any atom is 0.320 e. The van der Waals surface area contributed by atoms with Gasteiger partial charge in [0.25, 0.3) is 11.6 Å². The summed E-state index contributed by atoms with van der Waals surface area (Å²) in [5, 5.41) is 27.9. The molecule has 0 aliphatic heterocycles. The van der Waals surface area contributed by atoms with Crippen LogP contribution in [0.5, 0.6) is 0 Å². The smallest absolute Gasteiger partial charge is 0.315 e. The number of carbonyl (C=O) groups excluding carboxylic acids is 1. The summed E-state index contributed by atoms with van der Waals surface area (Å²) in [7, 11) is 1.37. The first kappa shape index (κ1) is 15.1. The zero-order valence-corrected chi connectivity index (χ0v) is 11.6. The molecule has 0 aliphatic carbocycles. The highest BCUT2D eigenvalue weighted by atomic mass is 16.6. The van der Waals surface area contributed by atoms with Crippen LogP contribution in [0.4, 0.5) is 17.1 Å². The van der Waals surface area contributed by atoms with Crippen molar-refractivity contribution in [3.8, 4) is 0 Å². The van der Waals surface area contributed by atoms with Gasteiger partial charge in [-0.25, -0.2) is 0 Å². The molecule has 1 aromatic heterocycles. The van der Waals surface area contributed by atoms with Crippen LogP contribution < -0.4 is 5.32 Å². The second-order valence-electron chi connectivity index (χ2n) is 4.49. The Kier molecular flexibility index (Phi) is 3.84. The van der Waals surface area contributed by atoms with Crippen LogP contribution in [0.1, 0.15) is 16.1 Å². The molecule has 0 aliphatic rings. The number of benzene rings is 1. The van der Waals surface area contributed by atoms with Gasteiger partial charge < -0.3 is 5.32 Å². The van der Waals surface area contributed by atoms with Crippen molar-refractivity contribution in [3.05, 3.63) is 55.9 Å². The van der Waals surface area contributed by atoms with Gasteiger partial charge in [0.15, 0.2) is 0 Å². The summed E-state index contributed by atoms with van der Waals surface area (Å²) in [6.45, 7) is 1.67. The number of hydrogen-bond acceptors (Lipinski definition) is 6. The third-order valence-corrected chi connectivity index (χ3v) is 2.93. The zero-order valence-electron chi connectivity index (χ0n) is 11.6. The molecule has 10 nitrogen and oxygen atoms in total. The fourth-order valence-electron chi connectivity index (χ4n) is 1.90. The van der Waals surface area contributed by atoms with Crippen LogP contribution in [0.25, 0.3) is 0 Å². The van der Waals surface area contributed by atoms with Crippen LogP contribution in [0.15, 0.2) is 24.4 Å². The van der Waals surface area contributed by atoms with E-state index in [2.05, 4.69) is 10.4 Å². The number of anilines is 1. The van der Waals surface area contributed by atoms with Crippen molar-refractivity contribution >= 4 is 23.0 Å². The van der Waals surface area contributed by atoms with E-state index < -0.39 is 21.4 Å². The number of rotatable bonds is 4. The molecule has 2 aromatic rings. The maximum absolute atomic E-state index is 12.2. The number of aromatic nitrogens is 2. The van der Waals surface area contributed by atoms with Crippen LogP contribution in [0.3, 0.4) is 0 Å². The summed E-state index contributed by atoms with van der Waals surface area (Å²) >= 11 is 0. The number of aryl methyl sites for hydroxylation is 2. The lowest BCUT2D eigenvalue weighted by atomic mass is 10.2. The predicted octanol–water partition coefficient (Wildman–Crippen LogP) is 1.80. The average molecular weight is 305 g/mol. The van der Waals surface area contributed by atoms with Crippen molar-refractivity contribution in [2.75, 3.05) is 5.32 Å². The van der Waals surface area contributed by atoms with Gasteiger partial charge >= 0.3 is 5.69 Å². The van der Waals surface area contributed by atoms with Gasteiger partial charge in [-0.2, -0.15) is 5.10 Å². The van der Waals surface area contributed by atoms with Gasteiger partial charge in [0.05, 0.1) is 9.85 Å². The molecule has 0 saturated heterocycles. The second kappa shape index (κ2) is 5.60. The summed E-state index contributed by atoms with van der Waals surface area (Å²) in [4.78, 5) is 32.7. The normalized spacial score (nSPS) is 10.3. The largest absolute Gasteiger partial charge is 0.320 e. The molecule has 0 spiro atoms. The first-order chi connectivity index (χ1) is 10.3. The highest BCUT2D eigenvalue weighted by Crippen LogP contribution is 2.27. The van der Waals surface area contributed by atoms with Crippen LogP contribution >= 0.6 is 0 Å². The standard InChI is InChI=1S/C12H11N5O5/c1-7-3-4-8(9(5-7)16(19)20)14-12(18)11-10(17(21)22)6-13-15(11)2/h3-6H,1-2H3,(H,14,18). The van der Waals surface area contributed by atoms with Crippen molar-refractivity contribution in [1.82, 2.24) is 9.78 Å². The Hall–Kier alpha value is -3.30. The lowest BCUT2D eigenvalue weighted by molar-refractivity contribution is -0.385. The summed E-state index contributed by atoms with van der Waals surface area (Å²) in [6, 6.07) is 4.25. The lowest BCUT2D eigenvalue weighted by Crippen LogP contribution is -2.18. The Balaban J connectivity index is 2.40. The van der Waals surface area contributed by atoms with E-state index in [0.29, 0.717) is 5.56 Å². The molecule has 114 valence electrons. The van der Waals surface area contributed by atoms with E-state index in [9.17, 15) is 25.0 Å². The van der Waals surface area contributed by atoms with E-state index in [1.165, 1.54) is 19.2 Å². The number of hydrogen-bond donors (Lipinski definition) is 1. The molecule has 0 atom stereocenters. The lowest BCUT2D eigenvalue weighted by Gasteiger charge is -2.06. The molecule has 0 bridgehead atoms. The van der Waals surface area contributed by atoms with Crippen molar-refractivity contribution in [2.45, 2.75) is 6.92 Å². The Morgan fingerprint density at radius 2 is 1.86 bits per heavy atom. The average Bonchev–Trinajstić information content (AvgIpc) is 2.82. The molecule has 0 saturated carbocycles. The van der Waals surface area contributed by atoms with Gasteiger partial charge in [-0.05, 0) is 18.6 Å². The number of nitro benzene ring substituents is 1. The van der Waals surface area contributed by atoms with Crippen LogP contribution in [0.2, 0.25) is 0 Å². The Bertz CT molecular complexity index is 782. The van der Waals surface area contributed by atoms with Crippen LogP contribution in [-0.2, 0) is 7.05 Å². The predicted molar refractivity (Wildman–Crippen MR) is 75.6 cm³/mol. The molecular formula is C12H11N5O5. The quantitative estimate of drug-likeness (QED) is 0.676. The molecule has 0 fully saturated rings. The molecule has 0 radical (unpaired) electrons. The minimum Gasteiger partial charge on any atom is -0.315 e. The molecule has 10 heteroatoms. The molecule has 1 aromatic carbocycles. The van der Waals surface area contributed by atoms with E-state index in [4.69, 9.17) is 0 Å². The van der Waals surface area contributed by atoms with E-state index >= 15 is 0 Å². The summed E-state index contributed by atoms with van der Waals surface area (Å²) in [6.07, 6.45) is 0.943. The number of nitrogens with zero attached hydrogens (tertiary/aromatic N) is 4. The first-order valence-electron chi connectivity index (χ1n) is 6.04. The van der Waals surface area contributed by atoms with Gasteiger partial charge in [-0.1, -0.05) is 6.07 Å². The van der Waals surface area contributed by atoms with E-state index in [1.54, 1.807) is 13.0 Å². The second-order valence-corrected chi connectivity index (χ2v) is 4.49. The van der Waals surface area contributed by atoms with Gasteiger partial charge in [-0.3, -0.25) is 29.7 Å². The van der Waals surface area contributed by atoms with E-state index in [-0.39, 0.29) is 17.1 Å². The summed E-state index contributed by atoms with van der Waals surface area (Å²) in [5.41, 5.74) is -0.458. The fourth-order valence-corrected chi connectivity index (χ4v) is 1.90. The van der Waals surface area contributed by atoms with Gasteiger partial charge in [0.2, 0.25) is 5.69 Å². The third kappa shape index (κ3) is 2.75. The molecule has 0 unspecified atom stereocenters. The van der Waals surface area contributed by atoms with Gasteiger partial charge in [0, 0.05) is 13.1 Å². The molecule has 1 heterocycles. The Morgan fingerprint density at radius 3 is 2.45 bits per heavy atom. The first-order valence-corrected chi connectivity index (χ1v) is 6.04. The number of nitro groups is 2. The van der Waals surface area contributed by atoms with E-state index in [0.717, 1.165) is 10.9 Å². The molecule has 1 amide bonds. The zero-order chi connectivity index (χ0) is 16.4. The minimum atomic E-state index is -0.848. The van der Waals surface area contributed by atoms with Crippen LogP contribution in [-0.4, -0.2) is 25.5 Å². The van der Waals surface area contributed by atoms with E-state index in [1.807, 2.05) is 0 Å². The molecular weight excluding hydrogens is 294 g/mol. The third-order valence-electron chi connectivity index (χ3n) is 2.93. The summed E-state index contributed by atoms with van der Waals surface area (Å²) < 4.78 is 1.04. The van der Waals surface area contributed by atoms with Crippen molar-refractivity contribution < 1.29 is 14.6 Å². The number of carbonyl (C=O) groups is 1. The Morgan fingerprint density at radius 1 is 1.23 bits per heavy atom. The number of nitrogens with one attached hydrogen (secondary N) is 1. The Labute approximate surface area is 123 Å². The fraction of sp³-hybridized carbons (Fsp3) is 0.167. The molecule has 22 heavy (non-hydrogen) atoms. The maximum atomic E-state index is 12.2. The van der Waals surface area contributed by atoms with Crippen LogP contribution in [0, 0.1) is 27.2 Å². The molecule has 1 N–H and O–H groups in total. The van der Waals surface area contributed by atoms with Gasteiger partial charge in [0.1, 0.15) is 11.9 Å². The minimum absolute atomic E-state index is 0.0453. The SMILES string of the molecule is Cc1ccc(NC(=O)c2c([N+](=O)[O-])cnn2C)c([N+](=O)[O-])c1. The highest BCUT2D eigenvalue weighted by Gasteiger charge is 2.27. The summed E-state index contributed by atoms with van der Waals surface area (Å²) in [5.74, 6) is -0.848. The molecule has 2 rings (SSSR count). The topological polar surface area (TPSA) is 133 Å². The van der Waals surface area contributed by atoms with Gasteiger partial charge in [-0.15, -0.1) is 0 Å². The van der Waals surface area contributed by atoms with Crippen molar-refractivity contribution in [3.63, 3.8) is 0 Å². The highest BCUT2D eigenvalue weighted by molar-refractivity contribution is 6.06. The van der Waals surface area contributed by atoms with Crippen molar-refractivity contribution in [1.29, 1.82) is 0 Å². The van der Waals surface area contributed by atoms with Crippen molar-refractivity contribution in [2.24, 2.45) is 7.05 Å². The number of amides is 1. The monoisotopic (exact) mass is 305 g/mol.